The molecular formula is C21H18N2O3S. The van der Waals surface area contributed by atoms with Crippen molar-refractivity contribution in [2.24, 2.45) is 0 Å². The first-order valence-electron chi connectivity index (χ1n) is 8.43. The van der Waals surface area contributed by atoms with Gasteiger partial charge in [0, 0.05) is 22.7 Å². The van der Waals surface area contributed by atoms with Gasteiger partial charge in [-0.3, -0.25) is 4.79 Å². The van der Waals surface area contributed by atoms with Gasteiger partial charge in [-0.1, -0.05) is 42.5 Å². The van der Waals surface area contributed by atoms with Gasteiger partial charge in [-0.25, -0.2) is 9.78 Å². The Kier molecular flexibility index (Phi) is 6.12. The van der Waals surface area contributed by atoms with Gasteiger partial charge in [0.15, 0.2) is 0 Å². The maximum atomic E-state index is 12.5. The molecule has 3 aromatic rings. The van der Waals surface area contributed by atoms with E-state index in [4.69, 9.17) is 4.74 Å². The van der Waals surface area contributed by atoms with Crippen LogP contribution in [0.25, 0.3) is 16.6 Å². The van der Waals surface area contributed by atoms with E-state index in [0.717, 1.165) is 16.1 Å². The molecule has 0 radical (unpaired) electrons. The van der Waals surface area contributed by atoms with Gasteiger partial charge < -0.3 is 10.1 Å². The average molecular weight is 378 g/mol. The van der Waals surface area contributed by atoms with Crippen LogP contribution < -0.4 is 5.32 Å². The third-order valence-electron chi connectivity index (χ3n) is 3.60. The number of ether oxygens (including phenoxy) is 1. The minimum atomic E-state index is -0.400. The monoisotopic (exact) mass is 378 g/mol. The van der Waals surface area contributed by atoms with Gasteiger partial charge in [-0.15, -0.1) is 11.3 Å². The Labute approximate surface area is 161 Å². The summed E-state index contributed by atoms with van der Waals surface area (Å²) in [6.07, 6.45) is 3.00. The number of nitrogens with one attached hydrogen (secondary N) is 1. The molecule has 0 bridgehead atoms. The SMILES string of the molecule is CCOC(=O)/C=C/c1cccc(NC(=O)c2csc(-c3ccccc3)n2)c1. The number of benzene rings is 2. The molecule has 6 heteroatoms. The largest absolute Gasteiger partial charge is 0.463 e. The zero-order valence-corrected chi connectivity index (χ0v) is 15.5. The number of hydrogen-bond donors (Lipinski definition) is 1. The van der Waals surface area contributed by atoms with Crippen LogP contribution >= 0.6 is 11.3 Å². The van der Waals surface area contributed by atoms with Crippen molar-refractivity contribution >= 4 is 35.0 Å². The third-order valence-corrected chi connectivity index (χ3v) is 4.49. The Hall–Kier alpha value is -3.25. The normalized spacial score (nSPS) is 10.7. The Balaban J connectivity index is 1.69. The first-order valence-corrected chi connectivity index (χ1v) is 9.31. The van der Waals surface area contributed by atoms with Crippen molar-refractivity contribution < 1.29 is 14.3 Å². The Morgan fingerprint density at radius 2 is 1.96 bits per heavy atom. The smallest absolute Gasteiger partial charge is 0.330 e. The molecule has 0 spiro atoms. The number of hydrogen-bond acceptors (Lipinski definition) is 5. The summed E-state index contributed by atoms with van der Waals surface area (Å²) in [5, 5.41) is 5.37. The number of rotatable bonds is 6. The molecule has 0 aliphatic carbocycles. The molecule has 0 saturated heterocycles. The highest BCUT2D eigenvalue weighted by Crippen LogP contribution is 2.24. The van der Waals surface area contributed by atoms with Crippen molar-refractivity contribution in [3.63, 3.8) is 0 Å². The number of amides is 1. The van der Waals surface area contributed by atoms with Crippen molar-refractivity contribution in [1.29, 1.82) is 0 Å². The van der Waals surface area contributed by atoms with Crippen molar-refractivity contribution in [2.75, 3.05) is 11.9 Å². The van der Waals surface area contributed by atoms with Crippen molar-refractivity contribution in [1.82, 2.24) is 4.98 Å². The summed E-state index contributed by atoms with van der Waals surface area (Å²) < 4.78 is 4.85. The van der Waals surface area contributed by atoms with E-state index in [1.165, 1.54) is 17.4 Å². The number of nitrogens with zero attached hydrogens (tertiary/aromatic N) is 1. The van der Waals surface area contributed by atoms with Gasteiger partial charge in [-0.05, 0) is 30.7 Å². The second kappa shape index (κ2) is 8.91. The van der Waals surface area contributed by atoms with E-state index < -0.39 is 5.97 Å². The van der Waals surface area contributed by atoms with Crippen LogP contribution in [0.3, 0.4) is 0 Å². The van der Waals surface area contributed by atoms with E-state index in [2.05, 4.69) is 10.3 Å². The molecule has 0 saturated carbocycles. The van der Waals surface area contributed by atoms with Crippen LogP contribution in [0.1, 0.15) is 23.0 Å². The second-order valence-electron chi connectivity index (χ2n) is 5.57. The molecule has 1 amide bonds. The summed E-state index contributed by atoms with van der Waals surface area (Å²) in [6.45, 7) is 2.08. The van der Waals surface area contributed by atoms with Gasteiger partial charge in [0.2, 0.25) is 0 Å². The summed E-state index contributed by atoms with van der Waals surface area (Å²) >= 11 is 1.43. The van der Waals surface area contributed by atoms with E-state index in [9.17, 15) is 9.59 Å². The maximum Gasteiger partial charge on any atom is 0.330 e. The van der Waals surface area contributed by atoms with Crippen LogP contribution in [0, 0.1) is 0 Å². The van der Waals surface area contributed by atoms with Gasteiger partial charge in [0.05, 0.1) is 6.61 Å². The third kappa shape index (κ3) is 5.12. The Morgan fingerprint density at radius 3 is 2.74 bits per heavy atom. The molecule has 136 valence electrons. The fraction of sp³-hybridized carbons (Fsp3) is 0.0952. The zero-order valence-electron chi connectivity index (χ0n) is 14.7. The van der Waals surface area contributed by atoms with E-state index in [-0.39, 0.29) is 5.91 Å². The van der Waals surface area contributed by atoms with Gasteiger partial charge >= 0.3 is 5.97 Å². The fourth-order valence-corrected chi connectivity index (χ4v) is 3.17. The lowest BCUT2D eigenvalue weighted by Crippen LogP contribution is -2.12. The van der Waals surface area contributed by atoms with Crippen molar-refractivity contribution in [3.05, 3.63) is 77.3 Å². The standard InChI is InChI=1S/C21H18N2O3S/c1-2-26-19(24)12-11-15-7-6-10-17(13-15)22-20(25)18-14-27-21(23-18)16-8-4-3-5-9-16/h3-14H,2H2,1H3,(H,22,25)/b12-11+. The molecule has 5 nitrogen and oxygen atoms in total. The van der Waals surface area contributed by atoms with Gasteiger partial charge in [-0.2, -0.15) is 0 Å². The minimum absolute atomic E-state index is 0.278. The van der Waals surface area contributed by atoms with Crippen LogP contribution in [0.15, 0.2) is 66.1 Å². The van der Waals surface area contributed by atoms with Gasteiger partial charge in [0.25, 0.3) is 5.91 Å². The molecule has 1 aromatic heterocycles. The number of anilines is 1. The summed E-state index contributed by atoms with van der Waals surface area (Å²) in [5.74, 6) is -0.678. The molecule has 27 heavy (non-hydrogen) atoms. The molecule has 0 atom stereocenters. The van der Waals surface area contributed by atoms with Crippen LogP contribution in [-0.4, -0.2) is 23.5 Å². The zero-order chi connectivity index (χ0) is 19.1. The van der Waals surface area contributed by atoms with Crippen molar-refractivity contribution in [3.8, 4) is 10.6 Å². The topological polar surface area (TPSA) is 68.3 Å². The highest BCUT2D eigenvalue weighted by molar-refractivity contribution is 7.13. The summed E-state index contributed by atoms with van der Waals surface area (Å²) in [5.41, 5.74) is 2.75. The molecule has 1 heterocycles. The highest BCUT2D eigenvalue weighted by Gasteiger charge is 2.12. The molecule has 0 fully saturated rings. The maximum absolute atomic E-state index is 12.5. The molecule has 1 N–H and O–H groups in total. The summed E-state index contributed by atoms with van der Waals surface area (Å²) in [4.78, 5) is 28.3. The molecular weight excluding hydrogens is 360 g/mol. The van der Waals surface area contributed by atoms with Crippen LogP contribution in [0.5, 0.6) is 0 Å². The number of esters is 1. The lowest BCUT2D eigenvalue weighted by Gasteiger charge is -2.04. The van der Waals surface area contributed by atoms with E-state index in [0.29, 0.717) is 18.0 Å². The molecule has 2 aromatic carbocycles. The highest BCUT2D eigenvalue weighted by atomic mass is 32.1. The number of carbonyl (C=O) groups is 2. The quantitative estimate of drug-likeness (QED) is 0.501. The number of thiazole rings is 1. The van der Waals surface area contributed by atoms with Gasteiger partial charge in [0.1, 0.15) is 10.7 Å². The Bertz CT molecular complexity index is 964. The van der Waals surface area contributed by atoms with E-state index >= 15 is 0 Å². The predicted octanol–water partition coefficient (Wildman–Crippen LogP) is 4.64. The first kappa shape index (κ1) is 18.5. The van der Waals surface area contributed by atoms with Crippen LogP contribution in [-0.2, 0) is 9.53 Å². The fourth-order valence-electron chi connectivity index (χ4n) is 2.36. The Morgan fingerprint density at radius 1 is 1.15 bits per heavy atom. The molecule has 0 aliphatic rings. The van der Waals surface area contributed by atoms with Crippen LogP contribution in [0.4, 0.5) is 5.69 Å². The lowest BCUT2D eigenvalue weighted by molar-refractivity contribution is -0.137. The lowest BCUT2D eigenvalue weighted by atomic mass is 10.2. The first-order chi connectivity index (χ1) is 13.2. The van der Waals surface area contributed by atoms with Crippen LogP contribution in [0.2, 0.25) is 0 Å². The summed E-state index contributed by atoms with van der Waals surface area (Å²) in [7, 11) is 0. The van der Waals surface area contributed by atoms with Crippen molar-refractivity contribution in [2.45, 2.75) is 6.92 Å². The number of carbonyl (C=O) groups excluding carboxylic acids is 2. The summed E-state index contributed by atoms with van der Waals surface area (Å²) in [6, 6.07) is 16.9. The molecule has 0 aliphatic heterocycles. The van der Waals surface area contributed by atoms with E-state index in [1.807, 2.05) is 36.4 Å². The van der Waals surface area contributed by atoms with E-state index in [1.54, 1.807) is 36.6 Å². The second-order valence-corrected chi connectivity index (χ2v) is 6.43. The average Bonchev–Trinajstić information content (AvgIpc) is 3.18. The predicted molar refractivity (Wildman–Crippen MR) is 108 cm³/mol. The number of aromatic nitrogens is 1. The molecule has 0 unspecified atom stereocenters. The molecule has 3 rings (SSSR count). The minimum Gasteiger partial charge on any atom is -0.463 e.